The molecule has 3 heteroatoms. The molecule has 0 atom stereocenters. The summed E-state index contributed by atoms with van der Waals surface area (Å²) in [5.41, 5.74) is 0.917. The number of pyridine rings is 1. The number of nitrogens with zero attached hydrogens (tertiary/aromatic N) is 1. The molecule has 0 radical (unpaired) electrons. The third-order valence-electron chi connectivity index (χ3n) is 1.91. The third-order valence-corrected chi connectivity index (χ3v) is 1.91. The third kappa shape index (κ3) is 1.82. The lowest BCUT2D eigenvalue weighted by Crippen LogP contribution is -1.98. The monoisotopic (exact) mass is 191 g/mol. The second-order valence-corrected chi connectivity index (χ2v) is 2.90. The van der Waals surface area contributed by atoms with Crippen LogP contribution in [0.1, 0.15) is 0 Å². The first-order valence-corrected chi connectivity index (χ1v) is 4.44. The summed E-state index contributed by atoms with van der Waals surface area (Å²) in [5.74, 6) is 0.612. The van der Waals surface area contributed by atoms with E-state index in [9.17, 15) is 4.39 Å². The molecule has 2 nitrogen and oxygen atoms in total. The number of benzene rings is 1. The molecule has 0 saturated carbocycles. The van der Waals surface area contributed by atoms with E-state index < -0.39 is 6.67 Å². The van der Waals surface area contributed by atoms with Gasteiger partial charge >= 0.3 is 0 Å². The highest BCUT2D eigenvalue weighted by Crippen LogP contribution is 2.17. The highest BCUT2D eigenvalue weighted by Gasteiger charge is 1.97. The summed E-state index contributed by atoms with van der Waals surface area (Å²) in [6.45, 7) is -0.396. The predicted molar refractivity (Wildman–Crippen MR) is 53.2 cm³/mol. The van der Waals surface area contributed by atoms with E-state index in [1.165, 1.54) is 0 Å². The van der Waals surface area contributed by atoms with E-state index in [1.807, 2.05) is 30.3 Å². The molecule has 0 aliphatic heterocycles. The number of alkyl halides is 1. The van der Waals surface area contributed by atoms with Gasteiger partial charge in [0.15, 0.2) is 0 Å². The molecule has 2 rings (SSSR count). The highest BCUT2D eigenvalue weighted by atomic mass is 19.1. The topological polar surface area (TPSA) is 22.1 Å². The lowest BCUT2D eigenvalue weighted by molar-refractivity contribution is 0.273. The lowest BCUT2D eigenvalue weighted by Gasteiger charge is -2.03. The Hall–Kier alpha value is -1.64. The number of aromatic nitrogens is 1. The fourth-order valence-electron chi connectivity index (χ4n) is 1.29. The zero-order valence-electron chi connectivity index (χ0n) is 7.61. The molecule has 1 heterocycles. The van der Waals surface area contributed by atoms with E-state index in [-0.39, 0.29) is 6.61 Å². The van der Waals surface area contributed by atoms with E-state index in [0.29, 0.717) is 5.75 Å². The normalized spacial score (nSPS) is 10.4. The molecule has 0 unspecified atom stereocenters. The van der Waals surface area contributed by atoms with Crippen molar-refractivity contribution in [2.24, 2.45) is 0 Å². The first kappa shape index (κ1) is 8.94. The molecule has 14 heavy (non-hydrogen) atoms. The van der Waals surface area contributed by atoms with Crippen LogP contribution < -0.4 is 4.74 Å². The molecule has 72 valence electrons. The molecular weight excluding hydrogens is 181 g/mol. The Kier molecular flexibility index (Phi) is 2.58. The Bertz CT molecular complexity index is 430. The van der Waals surface area contributed by atoms with Crippen molar-refractivity contribution in [2.45, 2.75) is 0 Å². The van der Waals surface area contributed by atoms with Gasteiger partial charge in [0.05, 0.1) is 11.7 Å². The molecule has 1 aromatic heterocycles. The highest BCUT2D eigenvalue weighted by molar-refractivity contribution is 5.79. The minimum absolute atomic E-state index is 0.0834. The molecular formula is C11H10FNO. The van der Waals surface area contributed by atoms with Gasteiger partial charge in [-0.2, -0.15) is 0 Å². The molecule has 0 aliphatic carbocycles. The number of halogens is 1. The van der Waals surface area contributed by atoms with Crippen molar-refractivity contribution in [3.8, 4) is 5.75 Å². The maximum atomic E-state index is 11.8. The van der Waals surface area contributed by atoms with Gasteiger partial charge in [0.1, 0.15) is 19.0 Å². The smallest absolute Gasteiger partial charge is 0.138 e. The van der Waals surface area contributed by atoms with E-state index in [4.69, 9.17) is 4.74 Å². The van der Waals surface area contributed by atoms with E-state index in [1.54, 1.807) is 6.20 Å². The maximum absolute atomic E-state index is 11.8. The maximum Gasteiger partial charge on any atom is 0.138 e. The Morgan fingerprint density at radius 1 is 1.29 bits per heavy atom. The Morgan fingerprint density at radius 3 is 3.00 bits per heavy atom. The van der Waals surface area contributed by atoms with Crippen LogP contribution in [0.15, 0.2) is 36.5 Å². The SMILES string of the molecule is FCCOc1cnc2ccccc2c1. The molecule has 0 bridgehead atoms. The average molecular weight is 191 g/mol. The number of ether oxygens (including phenoxy) is 1. The van der Waals surface area contributed by atoms with Crippen LogP contribution >= 0.6 is 0 Å². The fraction of sp³-hybridized carbons (Fsp3) is 0.182. The first-order valence-electron chi connectivity index (χ1n) is 4.44. The van der Waals surface area contributed by atoms with E-state index >= 15 is 0 Å². The van der Waals surface area contributed by atoms with Crippen molar-refractivity contribution in [1.82, 2.24) is 4.98 Å². The summed E-state index contributed by atoms with van der Waals surface area (Å²) in [6.07, 6.45) is 1.61. The van der Waals surface area contributed by atoms with Crippen molar-refractivity contribution >= 4 is 10.9 Å². The summed E-state index contributed by atoms with van der Waals surface area (Å²) < 4.78 is 17.0. The molecule has 0 spiro atoms. The average Bonchev–Trinajstić information content (AvgIpc) is 2.26. The second-order valence-electron chi connectivity index (χ2n) is 2.90. The predicted octanol–water partition coefficient (Wildman–Crippen LogP) is 2.58. The van der Waals surface area contributed by atoms with Crippen molar-refractivity contribution < 1.29 is 9.13 Å². The fourth-order valence-corrected chi connectivity index (χ4v) is 1.29. The van der Waals surface area contributed by atoms with Gasteiger partial charge in [-0.3, -0.25) is 4.98 Å². The zero-order chi connectivity index (χ0) is 9.80. The molecule has 0 saturated heterocycles. The van der Waals surface area contributed by atoms with Crippen LogP contribution in [-0.2, 0) is 0 Å². The lowest BCUT2D eigenvalue weighted by atomic mass is 10.2. The summed E-state index contributed by atoms with van der Waals surface area (Å²) in [5, 5.41) is 1.00. The summed E-state index contributed by atoms with van der Waals surface area (Å²) in [4.78, 5) is 4.19. The Morgan fingerprint density at radius 2 is 2.14 bits per heavy atom. The minimum atomic E-state index is -0.479. The van der Waals surface area contributed by atoms with Gasteiger partial charge in [-0.05, 0) is 12.1 Å². The van der Waals surface area contributed by atoms with Crippen LogP contribution in [0.3, 0.4) is 0 Å². The van der Waals surface area contributed by atoms with Gasteiger partial charge in [-0.1, -0.05) is 18.2 Å². The van der Waals surface area contributed by atoms with Crippen LogP contribution in [0.5, 0.6) is 5.75 Å². The first-order chi connectivity index (χ1) is 6.90. The molecule has 2 aromatic rings. The van der Waals surface area contributed by atoms with Gasteiger partial charge < -0.3 is 4.74 Å². The molecule has 0 aliphatic rings. The van der Waals surface area contributed by atoms with Gasteiger partial charge in [-0.25, -0.2) is 4.39 Å². The zero-order valence-corrected chi connectivity index (χ0v) is 7.61. The number of hydrogen-bond acceptors (Lipinski definition) is 2. The summed E-state index contributed by atoms with van der Waals surface area (Å²) in [7, 11) is 0. The van der Waals surface area contributed by atoms with Crippen LogP contribution in [0.2, 0.25) is 0 Å². The summed E-state index contributed by atoms with van der Waals surface area (Å²) in [6, 6.07) is 9.59. The number of hydrogen-bond donors (Lipinski definition) is 0. The Labute approximate surface area is 81.3 Å². The quantitative estimate of drug-likeness (QED) is 0.743. The molecule has 1 aromatic carbocycles. The van der Waals surface area contributed by atoms with E-state index in [2.05, 4.69) is 4.98 Å². The van der Waals surface area contributed by atoms with Crippen molar-refractivity contribution in [3.63, 3.8) is 0 Å². The van der Waals surface area contributed by atoms with Crippen LogP contribution in [-0.4, -0.2) is 18.3 Å². The largest absolute Gasteiger partial charge is 0.489 e. The van der Waals surface area contributed by atoms with E-state index in [0.717, 1.165) is 10.9 Å². The molecule has 0 N–H and O–H groups in total. The van der Waals surface area contributed by atoms with Crippen LogP contribution in [0, 0.1) is 0 Å². The minimum Gasteiger partial charge on any atom is -0.489 e. The van der Waals surface area contributed by atoms with Gasteiger partial charge in [0, 0.05) is 5.39 Å². The number of fused-ring (bicyclic) bond motifs is 1. The second kappa shape index (κ2) is 4.05. The van der Waals surface area contributed by atoms with Crippen molar-refractivity contribution in [1.29, 1.82) is 0 Å². The standard InChI is InChI=1S/C11H10FNO/c12-5-6-14-10-7-9-3-1-2-4-11(9)13-8-10/h1-4,7-8H,5-6H2. The van der Waals surface area contributed by atoms with Gasteiger partial charge in [-0.15, -0.1) is 0 Å². The summed E-state index contributed by atoms with van der Waals surface area (Å²) >= 11 is 0. The van der Waals surface area contributed by atoms with Crippen LogP contribution in [0.25, 0.3) is 10.9 Å². The number of rotatable bonds is 3. The number of para-hydroxylation sites is 1. The van der Waals surface area contributed by atoms with Crippen molar-refractivity contribution in [3.05, 3.63) is 36.5 Å². The Balaban J connectivity index is 2.32. The molecule has 0 fully saturated rings. The van der Waals surface area contributed by atoms with Crippen LogP contribution in [0.4, 0.5) is 4.39 Å². The molecule has 0 amide bonds. The van der Waals surface area contributed by atoms with Gasteiger partial charge in [0.2, 0.25) is 0 Å². The van der Waals surface area contributed by atoms with Crippen molar-refractivity contribution in [2.75, 3.05) is 13.3 Å². The van der Waals surface area contributed by atoms with Gasteiger partial charge in [0.25, 0.3) is 0 Å².